The Bertz CT molecular complexity index is 1180. The van der Waals surface area contributed by atoms with Crippen LogP contribution in [0.1, 0.15) is 12.5 Å². The van der Waals surface area contributed by atoms with Crippen LogP contribution in [0.4, 0.5) is 0 Å². The molecule has 0 bridgehead atoms. The number of ether oxygens (including phenoxy) is 2. The number of methoxy groups -OCH3 is 2. The Hall–Kier alpha value is -2.78. The molecule has 10 heteroatoms. The number of nitrogens with zero attached hydrogens (tertiary/aromatic N) is 4. The average Bonchev–Trinajstić information content (AvgIpc) is 3.15. The van der Waals surface area contributed by atoms with E-state index in [1.165, 1.54) is 11.6 Å². The molecule has 162 valence electrons. The molecule has 0 spiro atoms. The van der Waals surface area contributed by atoms with Crippen molar-refractivity contribution in [2.45, 2.75) is 25.9 Å². The van der Waals surface area contributed by atoms with Crippen LogP contribution in [0.25, 0.3) is 11.2 Å². The van der Waals surface area contributed by atoms with E-state index < -0.39 is 5.69 Å². The predicted molar refractivity (Wildman–Crippen MR) is 116 cm³/mol. The van der Waals surface area contributed by atoms with Crippen LogP contribution >= 0.6 is 11.6 Å². The molecule has 0 aliphatic rings. The van der Waals surface area contributed by atoms with E-state index in [4.69, 9.17) is 21.1 Å². The maximum atomic E-state index is 12.5. The summed E-state index contributed by atoms with van der Waals surface area (Å²) in [6.07, 6.45) is 2.29. The Morgan fingerprint density at radius 3 is 2.50 bits per heavy atom. The van der Waals surface area contributed by atoms with Gasteiger partial charge < -0.3 is 19.4 Å². The summed E-state index contributed by atoms with van der Waals surface area (Å²) in [5, 5.41) is 3.94. The van der Waals surface area contributed by atoms with Crippen LogP contribution in [0.15, 0.2) is 28.0 Å². The SMILES string of the molecule is COc1cc(CC(C)NCCn2cnc3c2c(=O)n(C)c(=O)n3C)c(OC)cc1Cl. The summed E-state index contributed by atoms with van der Waals surface area (Å²) in [6, 6.07) is 3.76. The van der Waals surface area contributed by atoms with Crippen molar-refractivity contribution in [3.63, 3.8) is 0 Å². The smallest absolute Gasteiger partial charge is 0.332 e. The molecule has 0 aliphatic carbocycles. The van der Waals surface area contributed by atoms with Crippen molar-refractivity contribution in [3.05, 3.63) is 49.9 Å². The van der Waals surface area contributed by atoms with Crippen molar-refractivity contribution in [1.82, 2.24) is 24.0 Å². The van der Waals surface area contributed by atoms with Crippen LogP contribution in [0.3, 0.4) is 0 Å². The lowest BCUT2D eigenvalue weighted by Crippen LogP contribution is -2.38. The fourth-order valence-electron chi connectivity index (χ4n) is 3.48. The molecule has 0 amide bonds. The molecule has 3 aromatic rings. The number of hydrogen-bond donors (Lipinski definition) is 1. The quantitative estimate of drug-likeness (QED) is 0.573. The molecule has 0 saturated carbocycles. The summed E-state index contributed by atoms with van der Waals surface area (Å²) in [6.45, 7) is 3.22. The van der Waals surface area contributed by atoms with E-state index in [1.54, 1.807) is 38.2 Å². The second kappa shape index (κ2) is 8.93. The Morgan fingerprint density at radius 2 is 1.83 bits per heavy atom. The van der Waals surface area contributed by atoms with Crippen LogP contribution < -0.4 is 26.0 Å². The number of benzene rings is 1. The summed E-state index contributed by atoms with van der Waals surface area (Å²) in [4.78, 5) is 28.8. The van der Waals surface area contributed by atoms with E-state index in [2.05, 4.69) is 17.2 Å². The lowest BCUT2D eigenvalue weighted by molar-refractivity contribution is 0.395. The number of fused-ring (bicyclic) bond motifs is 1. The molecule has 30 heavy (non-hydrogen) atoms. The van der Waals surface area contributed by atoms with Crippen LogP contribution in [0.5, 0.6) is 11.5 Å². The Balaban J connectivity index is 1.71. The maximum absolute atomic E-state index is 12.5. The second-order valence-electron chi connectivity index (χ2n) is 7.17. The minimum absolute atomic E-state index is 0.131. The van der Waals surface area contributed by atoms with Gasteiger partial charge in [0, 0.05) is 39.3 Å². The largest absolute Gasteiger partial charge is 0.496 e. The van der Waals surface area contributed by atoms with Gasteiger partial charge in [-0.1, -0.05) is 11.6 Å². The summed E-state index contributed by atoms with van der Waals surface area (Å²) in [7, 11) is 6.26. The molecule has 1 N–H and O–H groups in total. The van der Waals surface area contributed by atoms with Crippen molar-refractivity contribution in [1.29, 1.82) is 0 Å². The number of hydrogen-bond acceptors (Lipinski definition) is 6. The number of halogens is 1. The Labute approximate surface area is 178 Å². The zero-order valence-corrected chi connectivity index (χ0v) is 18.5. The molecule has 0 fully saturated rings. The van der Waals surface area contributed by atoms with Crippen molar-refractivity contribution >= 4 is 22.8 Å². The number of aryl methyl sites for hydroxylation is 1. The first-order valence-corrected chi connectivity index (χ1v) is 9.90. The Morgan fingerprint density at radius 1 is 1.13 bits per heavy atom. The lowest BCUT2D eigenvalue weighted by atomic mass is 10.1. The van der Waals surface area contributed by atoms with Crippen molar-refractivity contribution < 1.29 is 9.47 Å². The normalized spacial score (nSPS) is 12.3. The fraction of sp³-hybridized carbons (Fsp3) is 0.450. The molecule has 9 nitrogen and oxygen atoms in total. The van der Waals surface area contributed by atoms with Crippen LogP contribution in [0.2, 0.25) is 5.02 Å². The van der Waals surface area contributed by atoms with E-state index >= 15 is 0 Å². The number of rotatable bonds is 8. The molecule has 0 aliphatic heterocycles. The molecule has 1 unspecified atom stereocenters. The van der Waals surface area contributed by atoms with E-state index in [0.29, 0.717) is 47.2 Å². The third-order valence-electron chi connectivity index (χ3n) is 5.14. The van der Waals surface area contributed by atoms with Gasteiger partial charge in [-0.05, 0) is 25.0 Å². The highest BCUT2D eigenvalue weighted by atomic mass is 35.5. The van der Waals surface area contributed by atoms with Crippen molar-refractivity contribution in [2.75, 3.05) is 20.8 Å². The molecule has 1 aromatic carbocycles. The zero-order valence-electron chi connectivity index (χ0n) is 17.7. The fourth-order valence-corrected chi connectivity index (χ4v) is 3.71. The topological polar surface area (TPSA) is 92.3 Å². The van der Waals surface area contributed by atoms with E-state index in [0.717, 1.165) is 10.1 Å². The summed E-state index contributed by atoms with van der Waals surface area (Å²) in [5.41, 5.74) is 1.04. The molecule has 1 atom stereocenters. The molecular formula is C20H26ClN5O4. The number of imidazole rings is 1. The second-order valence-corrected chi connectivity index (χ2v) is 7.58. The van der Waals surface area contributed by atoms with Crippen molar-refractivity contribution in [2.24, 2.45) is 14.1 Å². The van der Waals surface area contributed by atoms with Gasteiger partial charge in [0.15, 0.2) is 11.2 Å². The van der Waals surface area contributed by atoms with Gasteiger partial charge in [-0.15, -0.1) is 0 Å². The van der Waals surface area contributed by atoms with Crippen LogP contribution in [-0.4, -0.2) is 45.5 Å². The minimum atomic E-state index is -0.392. The van der Waals surface area contributed by atoms with Crippen LogP contribution in [0, 0.1) is 0 Å². The molecule has 0 saturated heterocycles. The highest BCUT2D eigenvalue weighted by molar-refractivity contribution is 6.32. The first-order valence-electron chi connectivity index (χ1n) is 9.53. The van der Waals surface area contributed by atoms with Gasteiger partial charge in [0.05, 0.1) is 25.6 Å². The monoisotopic (exact) mass is 435 g/mol. The third-order valence-corrected chi connectivity index (χ3v) is 5.44. The minimum Gasteiger partial charge on any atom is -0.496 e. The maximum Gasteiger partial charge on any atom is 0.332 e. The van der Waals surface area contributed by atoms with E-state index in [9.17, 15) is 9.59 Å². The summed E-state index contributed by atoms with van der Waals surface area (Å²) in [5.74, 6) is 1.31. The molecule has 2 heterocycles. The first-order chi connectivity index (χ1) is 14.3. The molecule has 3 rings (SSSR count). The van der Waals surface area contributed by atoms with E-state index in [1.807, 2.05) is 6.07 Å². The van der Waals surface area contributed by atoms with Gasteiger partial charge in [0.25, 0.3) is 5.56 Å². The van der Waals surface area contributed by atoms with Crippen molar-refractivity contribution in [3.8, 4) is 11.5 Å². The lowest BCUT2D eigenvalue weighted by Gasteiger charge is -2.17. The molecule has 0 radical (unpaired) electrons. The van der Waals surface area contributed by atoms with Crippen LogP contribution in [-0.2, 0) is 27.1 Å². The van der Waals surface area contributed by atoms with Gasteiger partial charge in [-0.3, -0.25) is 13.9 Å². The predicted octanol–water partition coefficient (Wildman–Crippen LogP) is 1.33. The number of nitrogens with one attached hydrogen (secondary N) is 1. The summed E-state index contributed by atoms with van der Waals surface area (Å²) < 4.78 is 15.0. The highest BCUT2D eigenvalue weighted by Crippen LogP contribution is 2.33. The third kappa shape index (κ3) is 4.08. The van der Waals surface area contributed by atoms with Gasteiger partial charge >= 0.3 is 5.69 Å². The van der Waals surface area contributed by atoms with E-state index in [-0.39, 0.29) is 11.6 Å². The van der Waals surface area contributed by atoms with Gasteiger partial charge in [-0.2, -0.15) is 0 Å². The van der Waals surface area contributed by atoms with Gasteiger partial charge in [0.2, 0.25) is 0 Å². The molecular weight excluding hydrogens is 410 g/mol. The number of aromatic nitrogens is 4. The Kier molecular flexibility index (Phi) is 6.52. The standard InChI is InChI=1S/C20H26ClN5O4/c1-12(8-13-9-16(30-5)14(21)10-15(13)29-4)22-6-7-26-11-23-18-17(26)19(27)25(3)20(28)24(18)2/h9-12,22H,6-8H2,1-5H3. The average molecular weight is 436 g/mol. The van der Waals surface area contributed by atoms with Gasteiger partial charge in [0.1, 0.15) is 11.5 Å². The zero-order chi connectivity index (χ0) is 22.0. The first kappa shape index (κ1) is 21.9. The molecule has 2 aromatic heterocycles. The highest BCUT2D eigenvalue weighted by Gasteiger charge is 2.15. The van der Waals surface area contributed by atoms with Gasteiger partial charge in [-0.25, -0.2) is 9.78 Å². The summed E-state index contributed by atoms with van der Waals surface area (Å²) >= 11 is 6.17.